The first kappa shape index (κ1) is 13.3. The number of furan rings is 1. The number of hydrogen-bond donors (Lipinski definition) is 1. The number of nitrogens with one attached hydrogen (secondary N) is 1. The average molecular weight is 291 g/mol. The van der Waals surface area contributed by atoms with Crippen molar-refractivity contribution in [2.24, 2.45) is 0 Å². The van der Waals surface area contributed by atoms with E-state index in [1.54, 1.807) is 12.5 Å². The fraction of sp³-hybridized carbons (Fsp3) is 0.429. The van der Waals surface area contributed by atoms with Gasteiger partial charge in [-0.3, -0.25) is 4.79 Å². The first-order valence-electron chi connectivity index (χ1n) is 6.74. The average Bonchev–Trinajstić information content (AvgIpc) is 3.17. The zero-order valence-electron chi connectivity index (χ0n) is 11.3. The molecule has 2 aromatic heterocycles. The molecule has 0 saturated carbocycles. The summed E-state index contributed by atoms with van der Waals surface area (Å²) in [5.74, 6) is 0.779. The zero-order chi connectivity index (χ0) is 13.9. The van der Waals surface area contributed by atoms with E-state index in [2.05, 4.69) is 10.3 Å². The molecule has 0 aromatic carbocycles. The van der Waals surface area contributed by atoms with Crippen molar-refractivity contribution in [3.8, 4) is 10.8 Å². The van der Waals surface area contributed by atoms with Gasteiger partial charge in [0.1, 0.15) is 4.88 Å². The van der Waals surface area contributed by atoms with E-state index in [4.69, 9.17) is 4.42 Å². The topological polar surface area (TPSA) is 58.4 Å². The SMILES string of the molecule is CNC1CCCN(C(=O)c2cnc(-c3ccco3)s2)C1. The molecule has 6 heteroatoms. The summed E-state index contributed by atoms with van der Waals surface area (Å²) in [7, 11) is 1.94. The summed E-state index contributed by atoms with van der Waals surface area (Å²) in [5, 5.41) is 4.00. The monoisotopic (exact) mass is 291 g/mol. The number of rotatable bonds is 3. The molecule has 1 atom stereocenters. The summed E-state index contributed by atoms with van der Waals surface area (Å²) in [4.78, 5) is 19.3. The number of aromatic nitrogens is 1. The summed E-state index contributed by atoms with van der Waals surface area (Å²) in [6, 6.07) is 4.07. The summed E-state index contributed by atoms with van der Waals surface area (Å²) >= 11 is 1.38. The molecule has 1 aliphatic heterocycles. The maximum Gasteiger partial charge on any atom is 0.265 e. The lowest BCUT2D eigenvalue weighted by Gasteiger charge is -2.32. The normalized spacial score (nSPS) is 19.2. The lowest BCUT2D eigenvalue weighted by Crippen LogP contribution is -2.46. The first-order chi connectivity index (χ1) is 9.78. The van der Waals surface area contributed by atoms with Gasteiger partial charge in [-0.25, -0.2) is 4.98 Å². The molecule has 0 bridgehead atoms. The van der Waals surface area contributed by atoms with Crippen LogP contribution in [0.25, 0.3) is 10.8 Å². The van der Waals surface area contributed by atoms with Gasteiger partial charge in [-0.05, 0) is 32.0 Å². The van der Waals surface area contributed by atoms with Crippen molar-refractivity contribution in [3.63, 3.8) is 0 Å². The van der Waals surface area contributed by atoms with E-state index in [1.165, 1.54) is 11.3 Å². The smallest absolute Gasteiger partial charge is 0.265 e. The summed E-state index contributed by atoms with van der Waals surface area (Å²) in [5.41, 5.74) is 0. The van der Waals surface area contributed by atoms with Crippen molar-refractivity contribution >= 4 is 17.2 Å². The van der Waals surface area contributed by atoms with Crippen LogP contribution in [-0.4, -0.2) is 42.0 Å². The second-order valence-corrected chi connectivity index (χ2v) is 5.92. The molecule has 3 rings (SSSR count). The molecular weight excluding hydrogens is 274 g/mol. The fourth-order valence-electron chi connectivity index (χ4n) is 2.44. The first-order valence-corrected chi connectivity index (χ1v) is 7.56. The Hall–Kier alpha value is -1.66. The van der Waals surface area contributed by atoms with Crippen LogP contribution < -0.4 is 5.32 Å². The van der Waals surface area contributed by atoms with E-state index in [0.29, 0.717) is 16.7 Å². The Morgan fingerprint density at radius 3 is 3.25 bits per heavy atom. The van der Waals surface area contributed by atoms with Crippen LogP contribution in [0.1, 0.15) is 22.5 Å². The van der Waals surface area contributed by atoms with Gasteiger partial charge in [0.05, 0.1) is 12.5 Å². The molecule has 0 spiro atoms. The molecule has 1 N–H and O–H groups in total. The predicted octanol–water partition coefficient (Wildman–Crippen LogP) is 2.23. The minimum absolute atomic E-state index is 0.0697. The number of nitrogens with zero attached hydrogens (tertiary/aromatic N) is 2. The molecule has 2 aromatic rings. The molecule has 106 valence electrons. The predicted molar refractivity (Wildman–Crippen MR) is 77.8 cm³/mol. The third-order valence-electron chi connectivity index (χ3n) is 3.57. The molecule has 1 aliphatic rings. The van der Waals surface area contributed by atoms with E-state index in [0.717, 1.165) is 30.9 Å². The molecular formula is C14H17N3O2S. The van der Waals surface area contributed by atoms with Gasteiger partial charge in [0.2, 0.25) is 0 Å². The Morgan fingerprint density at radius 2 is 2.50 bits per heavy atom. The number of piperidine rings is 1. The van der Waals surface area contributed by atoms with Gasteiger partial charge in [-0.2, -0.15) is 0 Å². The highest BCUT2D eigenvalue weighted by Gasteiger charge is 2.25. The highest BCUT2D eigenvalue weighted by molar-refractivity contribution is 7.16. The maximum absolute atomic E-state index is 12.5. The van der Waals surface area contributed by atoms with Gasteiger partial charge in [0.15, 0.2) is 10.8 Å². The Labute approximate surface area is 121 Å². The minimum Gasteiger partial charge on any atom is -0.462 e. The molecule has 1 unspecified atom stereocenters. The van der Waals surface area contributed by atoms with Gasteiger partial charge < -0.3 is 14.6 Å². The fourth-order valence-corrected chi connectivity index (χ4v) is 3.29. The van der Waals surface area contributed by atoms with Gasteiger partial charge in [0, 0.05) is 19.1 Å². The highest BCUT2D eigenvalue weighted by Crippen LogP contribution is 2.26. The van der Waals surface area contributed by atoms with Crippen LogP contribution in [0, 0.1) is 0 Å². The van der Waals surface area contributed by atoms with Gasteiger partial charge in [-0.15, -0.1) is 11.3 Å². The largest absolute Gasteiger partial charge is 0.462 e. The van der Waals surface area contributed by atoms with Gasteiger partial charge in [0.25, 0.3) is 5.91 Å². The number of amides is 1. The third kappa shape index (κ3) is 2.62. The van der Waals surface area contributed by atoms with E-state index in [-0.39, 0.29) is 5.91 Å². The Balaban J connectivity index is 1.74. The van der Waals surface area contributed by atoms with Crippen molar-refractivity contribution in [1.82, 2.24) is 15.2 Å². The van der Waals surface area contributed by atoms with Gasteiger partial charge in [-0.1, -0.05) is 0 Å². The summed E-state index contributed by atoms with van der Waals surface area (Å²) < 4.78 is 5.31. The lowest BCUT2D eigenvalue weighted by molar-refractivity contribution is 0.0703. The maximum atomic E-state index is 12.5. The standard InChI is InChI=1S/C14H17N3O2S/c1-15-10-4-2-6-17(9-10)14(18)12-8-16-13(20-12)11-5-3-7-19-11/h3,5,7-8,10,15H,2,4,6,9H2,1H3. The van der Waals surface area contributed by atoms with E-state index >= 15 is 0 Å². The third-order valence-corrected chi connectivity index (χ3v) is 4.57. The van der Waals surface area contributed by atoms with Crippen LogP contribution >= 0.6 is 11.3 Å². The van der Waals surface area contributed by atoms with Gasteiger partial charge >= 0.3 is 0 Å². The summed E-state index contributed by atoms with van der Waals surface area (Å²) in [6.07, 6.45) is 5.43. The molecule has 5 nitrogen and oxygen atoms in total. The molecule has 1 fully saturated rings. The Kier molecular flexibility index (Phi) is 3.84. The summed E-state index contributed by atoms with van der Waals surface area (Å²) in [6.45, 7) is 1.59. The van der Waals surface area contributed by atoms with E-state index in [1.807, 2.05) is 24.1 Å². The molecule has 20 heavy (non-hydrogen) atoms. The van der Waals surface area contributed by atoms with Crippen molar-refractivity contribution in [2.45, 2.75) is 18.9 Å². The quantitative estimate of drug-likeness (QED) is 0.942. The minimum atomic E-state index is 0.0697. The van der Waals surface area contributed by atoms with Crippen molar-refractivity contribution in [1.29, 1.82) is 0 Å². The molecule has 0 radical (unpaired) electrons. The van der Waals surface area contributed by atoms with Crippen LogP contribution in [0.15, 0.2) is 29.0 Å². The van der Waals surface area contributed by atoms with Crippen LogP contribution in [0.2, 0.25) is 0 Å². The molecule has 0 aliphatic carbocycles. The zero-order valence-corrected chi connectivity index (χ0v) is 12.2. The Morgan fingerprint density at radius 1 is 1.60 bits per heavy atom. The second-order valence-electron chi connectivity index (χ2n) is 4.89. The molecule has 1 amide bonds. The number of carbonyl (C=O) groups is 1. The van der Waals surface area contributed by atoms with Crippen LogP contribution in [0.3, 0.4) is 0 Å². The van der Waals surface area contributed by atoms with Crippen molar-refractivity contribution < 1.29 is 9.21 Å². The molecule has 1 saturated heterocycles. The molecule has 3 heterocycles. The van der Waals surface area contributed by atoms with Crippen LogP contribution in [-0.2, 0) is 0 Å². The number of thiazole rings is 1. The van der Waals surface area contributed by atoms with E-state index in [9.17, 15) is 4.79 Å². The highest BCUT2D eigenvalue weighted by atomic mass is 32.1. The van der Waals surface area contributed by atoms with Crippen LogP contribution in [0.4, 0.5) is 0 Å². The number of likely N-dealkylation sites (N-methyl/N-ethyl adjacent to an activating group) is 1. The number of hydrogen-bond acceptors (Lipinski definition) is 5. The van der Waals surface area contributed by atoms with Crippen LogP contribution in [0.5, 0.6) is 0 Å². The van der Waals surface area contributed by atoms with E-state index < -0.39 is 0 Å². The lowest BCUT2D eigenvalue weighted by atomic mass is 10.1. The van der Waals surface area contributed by atoms with Crippen molar-refractivity contribution in [3.05, 3.63) is 29.5 Å². The van der Waals surface area contributed by atoms with Crippen molar-refractivity contribution in [2.75, 3.05) is 20.1 Å². The number of likely N-dealkylation sites (tertiary alicyclic amines) is 1. The Bertz CT molecular complexity index is 579. The number of carbonyl (C=O) groups excluding carboxylic acids is 1. The second kappa shape index (κ2) is 5.76.